The molecule has 0 atom stereocenters. The van der Waals surface area contributed by atoms with Gasteiger partial charge in [0, 0.05) is 19.6 Å². The molecule has 0 amide bonds. The molecule has 0 aliphatic carbocycles. The average molecular weight is 258 g/mol. The lowest BCUT2D eigenvalue weighted by atomic mass is 10.1. The summed E-state index contributed by atoms with van der Waals surface area (Å²) in [7, 11) is 0. The van der Waals surface area contributed by atoms with Gasteiger partial charge in [0.2, 0.25) is 0 Å². The number of nitrogens with zero attached hydrogens (tertiary/aromatic N) is 3. The third kappa shape index (κ3) is 3.45. The summed E-state index contributed by atoms with van der Waals surface area (Å²) in [6.07, 6.45) is 1.93. The quantitative estimate of drug-likeness (QED) is 0.655. The first kappa shape index (κ1) is 12.9. The Hall–Kier alpha value is -2.55. The fourth-order valence-electron chi connectivity index (χ4n) is 2.07. The van der Waals surface area contributed by atoms with Crippen LogP contribution in [-0.2, 0) is 6.54 Å². The second-order valence-electron chi connectivity index (χ2n) is 4.31. The van der Waals surface area contributed by atoms with E-state index in [1.807, 2.05) is 17.0 Å². The van der Waals surface area contributed by atoms with Crippen LogP contribution < -0.4 is 5.32 Å². The molecule has 1 fully saturated rings. The maximum absolute atomic E-state index is 10.6. The van der Waals surface area contributed by atoms with Crippen molar-refractivity contribution >= 4 is 0 Å². The highest BCUT2D eigenvalue weighted by molar-refractivity contribution is 5.32. The van der Waals surface area contributed by atoms with E-state index in [9.17, 15) is 10.1 Å². The van der Waals surface area contributed by atoms with Gasteiger partial charge in [0.15, 0.2) is 5.82 Å². The zero-order chi connectivity index (χ0) is 13.7. The standard InChI is InChI=1S/C13H14N4O2/c14-8-11-3-1-4-12(7-11)9-16-6-2-5-15-13(16)10-17(18)19/h1,3-4,7,10,15H,2,5-6,9H2. The van der Waals surface area contributed by atoms with Gasteiger partial charge in [-0.05, 0) is 24.1 Å². The Balaban J connectivity index is 2.15. The van der Waals surface area contributed by atoms with E-state index >= 15 is 0 Å². The third-order valence-corrected chi connectivity index (χ3v) is 2.91. The number of hydrogen-bond donors (Lipinski definition) is 1. The molecule has 2 rings (SSSR count). The Kier molecular flexibility index (Phi) is 3.98. The van der Waals surface area contributed by atoms with Crippen LogP contribution in [0, 0.1) is 21.4 Å². The van der Waals surface area contributed by atoms with Gasteiger partial charge >= 0.3 is 0 Å². The summed E-state index contributed by atoms with van der Waals surface area (Å²) in [4.78, 5) is 12.1. The minimum absolute atomic E-state index is 0.452. The maximum atomic E-state index is 10.6. The molecule has 0 aromatic heterocycles. The third-order valence-electron chi connectivity index (χ3n) is 2.91. The first-order chi connectivity index (χ1) is 9.19. The summed E-state index contributed by atoms with van der Waals surface area (Å²) in [6, 6.07) is 9.37. The SMILES string of the molecule is N#Cc1cccc(CN2CCCNC2=C[N+](=O)[O-])c1. The molecule has 1 aromatic carbocycles. The molecule has 1 saturated heterocycles. The monoisotopic (exact) mass is 258 g/mol. The summed E-state index contributed by atoms with van der Waals surface area (Å²) in [5, 5.41) is 22.5. The van der Waals surface area contributed by atoms with Crippen molar-refractivity contribution in [1.29, 1.82) is 5.26 Å². The molecule has 1 aliphatic rings. The molecule has 6 heteroatoms. The van der Waals surface area contributed by atoms with E-state index in [0.717, 1.165) is 31.3 Å². The van der Waals surface area contributed by atoms with Gasteiger partial charge in [-0.3, -0.25) is 10.1 Å². The van der Waals surface area contributed by atoms with Crippen LogP contribution in [0.1, 0.15) is 17.5 Å². The minimum Gasteiger partial charge on any atom is -0.367 e. The highest BCUT2D eigenvalue weighted by Gasteiger charge is 2.17. The normalized spacial score (nSPS) is 16.8. The summed E-state index contributed by atoms with van der Waals surface area (Å²) in [6.45, 7) is 2.07. The number of nitriles is 1. The Morgan fingerprint density at radius 3 is 3.16 bits per heavy atom. The van der Waals surface area contributed by atoms with Crippen molar-refractivity contribution in [3.63, 3.8) is 0 Å². The van der Waals surface area contributed by atoms with Crippen LogP contribution in [0.5, 0.6) is 0 Å². The van der Waals surface area contributed by atoms with Gasteiger partial charge in [-0.25, -0.2) is 0 Å². The van der Waals surface area contributed by atoms with E-state index < -0.39 is 4.92 Å². The molecule has 1 N–H and O–H groups in total. The predicted molar refractivity (Wildman–Crippen MR) is 69.3 cm³/mol. The van der Waals surface area contributed by atoms with E-state index in [1.165, 1.54) is 0 Å². The van der Waals surface area contributed by atoms with Gasteiger partial charge in [0.25, 0.3) is 6.20 Å². The Morgan fingerprint density at radius 2 is 2.42 bits per heavy atom. The summed E-state index contributed by atoms with van der Waals surface area (Å²) < 4.78 is 0. The van der Waals surface area contributed by atoms with E-state index in [2.05, 4.69) is 11.4 Å². The van der Waals surface area contributed by atoms with E-state index in [0.29, 0.717) is 17.9 Å². The molecule has 1 aliphatic heterocycles. The molecule has 1 aromatic rings. The minimum atomic E-state index is -0.452. The van der Waals surface area contributed by atoms with Gasteiger partial charge in [-0.1, -0.05) is 12.1 Å². The van der Waals surface area contributed by atoms with Crippen LogP contribution in [0.15, 0.2) is 36.3 Å². The highest BCUT2D eigenvalue weighted by Crippen LogP contribution is 2.14. The Bertz CT molecular complexity index is 548. The molecule has 19 heavy (non-hydrogen) atoms. The highest BCUT2D eigenvalue weighted by atomic mass is 16.6. The summed E-state index contributed by atoms with van der Waals surface area (Å²) in [5.41, 5.74) is 1.57. The van der Waals surface area contributed by atoms with E-state index in [-0.39, 0.29) is 0 Å². The lowest BCUT2D eigenvalue weighted by Crippen LogP contribution is -2.39. The lowest BCUT2D eigenvalue weighted by molar-refractivity contribution is -0.405. The molecule has 0 spiro atoms. The van der Waals surface area contributed by atoms with Crippen LogP contribution >= 0.6 is 0 Å². The van der Waals surface area contributed by atoms with Crippen molar-refractivity contribution in [2.45, 2.75) is 13.0 Å². The second-order valence-corrected chi connectivity index (χ2v) is 4.31. The first-order valence-corrected chi connectivity index (χ1v) is 6.02. The molecular weight excluding hydrogens is 244 g/mol. The van der Waals surface area contributed by atoms with Crippen LogP contribution in [0.2, 0.25) is 0 Å². The smallest absolute Gasteiger partial charge is 0.274 e. The topological polar surface area (TPSA) is 82.2 Å². The first-order valence-electron chi connectivity index (χ1n) is 6.02. The van der Waals surface area contributed by atoms with E-state index in [4.69, 9.17) is 5.26 Å². The van der Waals surface area contributed by atoms with Crippen LogP contribution in [0.4, 0.5) is 0 Å². The average Bonchev–Trinajstić information content (AvgIpc) is 2.41. The van der Waals surface area contributed by atoms with Crippen molar-refractivity contribution in [3.8, 4) is 6.07 Å². The number of nitro groups is 1. The van der Waals surface area contributed by atoms with Crippen LogP contribution in [-0.4, -0.2) is 22.9 Å². The number of rotatable bonds is 3. The van der Waals surface area contributed by atoms with Crippen molar-refractivity contribution in [2.24, 2.45) is 0 Å². The predicted octanol–water partition coefficient (Wildman–Crippen LogP) is 1.43. The maximum Gasteiger partial charge on any atom is 0.274 e. The van der Waals surface area contributed by atoms with Crippen molar-refractivity contribution in [3.05, 3.63) is 57.5 Å². The van der Waals surface area contributed by atoms with Crippen LogP contribution in [0.25, 0.3) is 0 Å². The summed E-state index contributed by atoms with van der Waals surface area (Å²) in [5.74, 6) is 0.526. The van der Waals surface area contributed by atoms with E-state index in [1.54, 1.807) is 12.1 Å². The Morgan fingerprint density at radius 1 is 1.58 bits per heavy atom. The molecule has 0 saturated carbocycles. The lowest BCUT2D eigenvalue weighted by Gasteiger charge is -2.30. The molecule has 0 radical (unpaired) electrons. The second kappa shape index (κ2) is 5.87. The van der Waals surface area contributed by atoms with Gasteiger partial charge in [0.1, 0.15) is 0 Å². The van der Waals surface area contributed by atoms with Crippen LogP contribution in [0.3, 0.4) is 0 Å². The zero-order valence-electron chi connectivity index (χ0n) is 10.4. The molecule has 1 heterocycles. The van der Waals surface area contributed by atoms with Crippen molar-refractivity contribution < 1.29 is 4.92 Å². The molecule has 98 valence electrons. The molecule has 0 bridgehead atoms. The van der Waals surface area contributed by atoms with Gasteiger partial charge < -0.3 is 10.2 Å². The van der Waals surface area contributed by atoms with Gasteiger partial charge in [-0.2, -0.15) is 5.26 Å². The summed E-state index contributed by atoms with van der Waals surface area (Å²) >= 11 is 0. The van der Waals surface area contributed by atoms with Crippen molar-refractivity contribution in [1.82, 2.24) is 10.2 Å². The Labute approximate surface area is 111 Å². The number of benzene rings is 1. The number of nitrogens with one attached hydrogen (secondary N) is 1. The van der Waals surface area contributed by atoms with Crippen molar-refractivity contribution in [2.75, 3.05) is 13.1 Å². The zero-order valence-corrected chi connectivity index (χ0v) is 10.4. The molecular formula is C13H14N4O2. The van der Waals surface area contributed by atoms with Gasteiger partial charge in [0.05, 0.1) is 16.6 Å². The number of hydrogen-bond acceptors (Lipinski definition) is 5. The largest absolute Gasteiger partial charge is 0.367 e. The van der Waals surface area contributed by atoms with Gasteiger partial charge in [-0.15, -0.1) is 0 Å². The molecule has 6 nitrogen and oxygen atoms in total. The molecule has 0 unspecified atom stereocenters. The fraction of sp³-hybridized carbons (Fsp3) is 0.308. The fourth-order valence-corrected chi connectivity index (χ4v) is 2.07.